The zero-order chi connectivity index (χ0) is 14.1. The minimum absolute atomic E-state index is 0.0617. The lowest BCUT2D eigenvalue weighted by Gasteiger charge is -2.17. The van der Waals surface area contributed by atoms with E-state index in [0.29, 0.717) is 6.54 Å². The minimum atomic E-state index is -0.318. The van der Waals surface area contributed by atoms with Crippen LogP contribution >= 0.6 is 11.8 Å². The Morgan fingerprint density at radius 3 is 2.90 bits per heavy atom. The molecule has 0 bridgehead atoms. The lowest BCUT2D eigenvalue weighted by atomic mass is 10.1. The van der Waals surface area contributed by atoms with Crippen LogP contribution in [0.2, 0.25) is 0 Å². The first-order valence-corrected chi connectivity index (χ1v) is 7.93. The third-order valence-corrected chi connectivity index (χ3v) is 5.09. The molecule has 2 aliphatic heterocycles. The summed E-state index contributed by atoms with van der Waals surface area (Å²) in [7, 11) is 0. The monoisotopic (exact) mass is 290 g/mol. The maximum Gasteiger partial charge on any atom is 0.324 e. The first kappa shape index (κ1) is 13.5. The van der Waals surface area contributed by atoms with Gasteiger partial charge in [0, 0.05) is 16.7 Å². The van der Waals surface area contributed by atoms with Crippen molar-refractivity contribution in [3.63, 3.8) is 0 Å². The van der Waals surface area contributed by atoms with Crippen LogP contribution in [0.3, 0.4) is 0 Å². The lowest BCUT2D eigenvalue weighted by molar-refractivity contribution is -0.127. The molecule has 5 heteroatoms. The molecule has 1 aromatic carbocycles. The van der Waals surface area contributed by atoms with Crippen molar-refractivity contribution in [2.75, 3.05) is 6.54 Å². The van der Waals surface area contributed by atoms with Gasteiger partial charge in [-0.15, -0.1) is 11.8 Å². The average molecular weight is 290 g/mol. The summed E-state index contributed by atoms with van der Waals surface area (Å²) < 4.78 is 0. The Morgan fingerprint density at radius 2 is 2.15 bits per heavy atom. The highest BCUT2D eigenvalue weighted by molar-refractivity contribution is 8.00. The number of hydrogen-bond acceptors (Lipinski definition) is 3. The number of rotatable bonds is 4. The Morgan fingerprint density at radius 1 is 1.35 bits per heavy atom. The van der Waals surface area contributed by atoms with E-state index in [0.717, 1.165) is 19.3 Å². The summed E-state index contributed by atoms with van der Waals surface area (Å²) in [5, 5.41) is 3.06. The number of nitrogens with zero attached hydrogens (tertiary/aromatic N) is 1. The Hall–Kier alpha value is -1.49. The summed E-state index contributed by atoms with van der Waals surface area (Å²) in [5.41, 5.74) is 1.32. The van der Waals surface area contributed by atoms with E-state index in [2.05, 4.69) is 17.4 Å². The van der Waals surface area contributed by atoms with E-state index in [1.54, 1.807) is 11.8 Å². The van der Waals surface area contributed by atoms with Crippen LogP contribution in [0.5, 0.6) is 0 Å². The molecule has 0 radical (unpaired) electrons. The van der Waals surface area contributed by atoms with Crippen molar-refractivity contribution in [2.24, 2.45) is 0 Å². The minimum Gasteiger partial charge on any atom is -0.326 e. The number of benzene rings is 1. The molecule has 2 aliphatic rings. The first-order chi connectivity index (χ1) is 9.69. The molecule has 106 valence electrons. The van der Waals surface area contributed by atoms with Crippen molar-refractivity contribution < 1.29 is 9.59 Å². The van der Waals surface area contributed by atoms with Gasteiger partial charge in [0.25, 0.3) is 5.91 Å². The largest absolute Gasteiger partial charge is 0.326 e. The number of carbonyl (C=O) groups excluding carboxylic acids is 2. The Bertz CT molecular complexity index is 521. The molecule has 0 aliphatic carbocycles. The van der Waals surface area contributed by atoms with Crippen LogP contribution < -0.4 is 5.32 Å². The number of fused-ring (bicyclic) bond motifs is 1. The summed E-state index contributed by atoms with van der Waals surface area (Å²) in [6.45, 7) is 2.52. The molecule has 3 amide bonds. The van der Waals surface area contributed by atoms with Gasteiger partial charge in [0.1, 0.15) is 6.04 Å². The third-order valence-electron chi connectivity index (χ3n) is 3.78. The van der Waals surface area contributed by atoms with E-state index >= 15 is 0 Å². The fraction of sp³-hybridized carbons (Fsp3) is 0.467. The second-order valence-corrected chi connectivity index (χ2v) is 6.63. The van der Waals surface area contributed by atoms with Gasteiger partial charge in [-0.2, -0.15) is 0 Å². The summed E-state index contributed by atoms with van der Waals surface area (Å²) in [4.78, 5) is 26.8. The molecule has 2 heterocycles. The topological polar surface area (TPSA) is 49.4 Å². The molecule has 2 atom stereocenters. The van der Waals surface area contributed by atoms with E-state index in [9.17, 15) is 9.59 Å². The highest BCUT2D eigenvalue weighted by Gasteiger charge is 2.39. The molecule has 0 aromatic heterocycles. The quantitative estimate of drug-likeness (QED) is 0.866. The van der Waals surface area contributed by atoms with Crippen LogP contribution in [0.25, 0.3) is 0 Å². The molecule has 1 N–H and O–H groups in total. The number of nitrogens with one attached hydrogen (secondary N) is 1. The van der Waals surface area contributed by atoms with Gasteiger partial charge in [0.15, 0.2) is 0 Å². The van der Waals surface area contributed by atoms with Crippen molar-refractivity contribution >= 4 is 23.7 Å². The molecule has 1 saturated heterocycles. The number of carbonyl (C=O) groups is 2. The smallest absolute Gasteiger partial charge is 0.324 e. The van der Waals surface area contributed by atoms with Crippen molar-refractivity contribution in [3.8, 4) is 0 Å². The van der Waals surface area contributed by atoms with E-state index < -0.39 is 0 Å². The molecule has 3 rings (SSSR count). The predicted molar refractivity (Wildman–Crippen MR) is 78.7 cm³/mol. The van der Waals surface area contributed by atoms with E-state index in [-0.39, 0.29) is 23.2 Å². The number of amides is 3. The van der Waals surface area contributed by atoms with Crippen molar-refractivity contribution in [3.05, 3.63) is 29.8 Å². The number of imide groups is 1. The molecular formula is C15H18N2O2S. The Kier molecular flexibility index (Phi) is 3.70. The summed E-state index contributed by atoms with van der Waals surface area (Å²) in [6, 6.07) is 7.73. The van der Waals surface area contributed by atoms with E-state index in [1.807, 2.05) is 19.1 Å². The van der Waals surface area contributed by atoms with Crippen LogP contribution in [0.1, 0.15) is 25.3 Å². The molecule has 0 spiro atoms. The van der Waals surface area contributed by atoms with Gasteiger partial charge < -0.3 is 5.32 Å². The van der Waals surface area contributed by atoms with Gasteiger partial charge in [-0.25, -0.2) is 4.79 Å². The maximum atomic E-state index is 12.2. The standard InChI is InChI=1S/C15H18N2O2S/c1-2-5-12-14(18)17(15(19)16-12)9-11-8-10-6-3-4-7-13(10)20-11/h3-4,6-7,11-12H,2,5,8-9H2,1H3,(H,16,19). The van der Waals surface area contributed by atoms with Crippen LogP contribution in [0.4, 0.5) is 4.79 Å². The molecule has 2 unspecified atom stereocenters. The normalized spacial score (nSPS) is 24.9. The summed E-state index contributed by atoms with van der Waals surface area (Å²) >= 11 is 1.77. The molecular weight excluding hydrogens is 272 g/mol. The van der Waals surface area contributed by atoms with Gasteiger partial charge >= 0.3 is 6.03 Å². The summed E-state index contributed by atoms with van der Waals surface area (Å²) in [6.07, 6.45) is 2.55. The van der Waals surface area contributed by atoms with Crippen molar-refractivity contribution in [1.29, 1.82) is 0 Å². The first-order valence-electron chi connectivity index (χ1n) is 7.05. The van der Waals surface area contributed by atoms with E-state index in [4.69, 9.17) is 0 Å². The number of thioether (sulfide) groups is 1. The van der Waals surface area contributed by atoms with Gasteiger partial charge in [-0.05, 0) is 24.5 Å². The van der Waals surface area contributed by atoms with Crippen LogP contribution in [0, 0.1) is 0 Å². The number of urea groups is 1. The van der Waals surface area contributed by atoms with Crippen LogP contribution in [-0.2, 0) is 11.2 Å². The van der Waals surface area contributed by atoms with Gasteiger partial charge in [-0.3, -0.25) is 9.69 Å². The van der Waals surface area contributed by atoms with E-state index in [1.165, 1.54) is 15.4 Å². The highest BCUT2D eigenvalue weighted by Crippen LogP contribution is 2.37. The highest BCUT2D eigenvalue weighted by atomic mass is 32.2. The predicted octanol–water partition coefficient (Wildman–Crippen LogP) is 2.42. The SMILES string of the molecule is CCCC1NC(=O)N(CC2Cc3ccccc3S2)C1=O. The van der Waals surface area contributed by atoms with Gasteiger partial charge in [0.2, 0.25) is 0 Å². The van der Waals surface area contributed by atoms with Gasteiger partial charge in [0.05, 0.1) is 0 Å². The molecule has 0 saturated carbocycles. The van der Waals surface area contributed by atoms with Crippen LogP contribution in [0.15, 0.2) is 29.2 Å². The Labute approximate surface area is 122 Å². The summed E-state index contributed by atoms with van der Waals surface area (Å²) in [5.74, 6) is -0.0617. The second kappa shape index (κ2) is 5.48. The maximum absolute atomic E-state index is 12.2. The second-order valence-electron chi connectivity index (χ2n) is 5.29. The molecule has 4 nitrogen and oxygen atoms in total. The fourth-order valence-corrected chi connectivity index (χ4v) is 4.10. The number of hydrogen-bond donors (Lipinski definition) is 1. The third kappa shape index (κ3) is 2.42. The molecule has 1 fully saturated rings. The zero-order valence-corrected chi connectivity index (χ0v) is 12.3. The van der Waals surface area contributed by atoms with Crippen LogP contribution in [-0.4, -0.2) is 34.7 Å². The zero-order valence-electron chi connectivity index (χ0n) is 11.5. The molecule has 1 aromatic rings. The Balaban J connectivity index is 1.65. The van der Waals surface area contributed by atoms with Crippen molar-refractivity contribution in [2.45, 2.75) is 42.4 Å². The average Bonchev–Trinajstić information content (AvgIpc) is 2.95. The fourth-order valence-electron chi connectivity index (χ4n) is 2.79. The molecule has 20 heavy (non-hydrogen) atoms. The lowest BCUT2D eigenvalue weighted by Crippen LogP contribution is -2.37. The van der Waals surface area contributed by atoms with Crippen molar-refractivity contribution in [1.82, 2.24) is 10.2 Å². The van der Waals surface area contributed by atoms with Gasteiger partial charge in [-0.1, -0.05) is 31.5 Å².